The van der Waals surface area contributed by atoms with Gasteiger partial charge >= 0.3 is 0 Å². The van der Waals surface area contributed by atoms with Crippen LogP contribution in [0.2, 0.25) is 0 Å². The Kier molecular flexibility index (Phi) is 3.72. The van der Waals surface area contributed by atoms with Gasteiger partial charge in [-0.15, -0.1) is 0 Å². The zero-order valence-electron chi connectivity index (χ0n) is 5.38. The van der Waals surface area contributed by atoms with Crippen molar-refractivity contribution in [1.82, 2.24) is 0 Å². The van der Waals surface area contributed by atoms with Gasteiger partial charge < -0.3 is 10.2 Å². The van der Waals surface area contributed by atoms with Crippen LogP contribution in [0.5, 0.6) is 0 Å². The molecule has 0 aromatic rings. The minimum absolute atomic E-state index is 0.121. The molecule has 0 saturated heterocycles. The van der Waals surface area contributed by atoms with E-state index in [9.17, 15) is 0 Å². The molecule has 9 heavy (non-hydrogen) atoms. The van der Waals surface area contributed by atoms with Crippen LogP contribution in [0.15, 0.2) is 0 Å². The van der Waals surface area contributed by atoms with Crippen LogP contribution in [0.3, 0.4) is 0 Å². The largest absolute Gasteiger partial charge is 0.396 e. The summed E-state index contributed by atoms with van der Waals surface area (Å²) in [6.07, 6.45) is 1.62. The van der Waals surface area contributed by atoms with E-state index in [4.69, 9.17) is 21.7 Å². The minimum Gasteiger partial charge on any atom is -0.396 e. The van der Waals surface area contributed by atoms with E-state index in [0.29, 0.717) is 19.3 Å². The predicted molar refractivity (Wildman–Crippen MR) is 34.3 cm³/mol. The van der Waals surface area contributed by atoms with Gasteiger partial charge in [-0.05, 0) is 12.8 Å². The Balaban J connectivity index is 3.07. The smallest absolute Gasteiger partial charge is 0.166 e. The lowest BCUT2D eigenvalue weighted by atomic mass is 10.2. The quantitative estimate of drug-likeness (QED) is 0.284. The van der Waals surface area contributed by atoms with Gasteiger partial charge in [-0.25, -0.2) is 0 Å². The van der Waals surface area contributed by atoms with Crippen LogP contribution in [-0.4, -0.2) is 22.7 Å². The first-order valence-electron chi connectivity index (χ1n) is 2.97. The van der Waals surface area contributed by atoms with Crippen LogP contribution in [0.25, 0.3) is 0 Å². The fourth-order valence-corrected chi connectivity index (χ4v) is 0.520. The summed E-state index contributed by atoms with van der Waals surface area (Å²) in [5.41, 5.74) is 10.1. The molecule has 0 fully saturated rings. The summed E-state index contributed by atoms with van der Waals surface area (Å²) >= 11 is 0. The highest BCUT2D eigenvalue weighted by atomic mass is 16.3. The molecule has 0 atom stereocenters. The molecule has 0 heterocycles. The van der Waals surface area contributed by atoms with E-state index in [0.717, 1.165) is 0 Å². The number of nitrogens with two attached hydrogens (primary N) is 2. The highest BCUT2D eigenvalue weighted by molar-refractivity contribution is 4.59. The van der Waals surface area contributed by atoms with E-state index in [1.54, 1.807) is 0 Å². The Morgan fingerprint density at radius 3 is 2.11 bits per heavy atom. The van der Waals surface area contributed by atoms with Gasteiger partial charge in [-0.3, -0.25) is 11.5 Å². The third kappa shape index (κ3) is 7.84. The maximum Gasteiger partial charge on any atom is 0.166 e. The van der Waals surface area contributed by atoms with Gasteiger partial charge in [-0.2, -0.15) is 0 Å². The van der Waals surface area contributed by atoms with Gasteiger partial charge in [0.2, 0.25) is 0 Å². The van der Waals surface area contributed by atoms with Crippen molar-refractivity contribution in [1.29, 1.82) is 0 Å². The second-order valence-electron chi connectivity index (χ2n) is 2.17. The Morgan fingerprint density at radius 1 is 1.22 bits per heavy atom. The van der Waals surface area contributed by atoms with Crippen LogP contribution in [0.4, 0.5) is 0 Å². The Labute approximate surface area is 54.5 Å². The average molecular weight is 134 g/mol. The second-order valence-corrected chi connectivity index (χ2v) is 2.17. The molecule has 0 aromatic carbocycles. The van der Waals surface area contributed by atoms with Gasteiger partial charge in [0.25, 0.3) is 0 Å². The number of aliphatic hydroxyl groups excluding tert-OH is 1. The Hall–Kier alpha value is -0.160. The molecule has 6 N–H and O–H groups in total. The second kappa shape index (κ2) is 3.79. The maximum absolute atomic E-state index is 8.72. The molecular formula is C5H14N2O2. The predicted octanol–water partition coefficient (Wildman–Crippen LogP) is -1.29. The molecule has 56 valence electrons. The standard InChI is InChI=1S/C5H14N2O2/c6-5(7,9)3-1-2-4-8/h8-9H,1-4,6-7H2. The van der Waals surface area contributed by atoms with Crippen molar-refractivity contribution in [3.8, 4) is 0 Å². The summed E-state index contributed by atoms with van der Waals surface area (Å²) in [7, 11) is 0. The fraction of sp³-hybridized carbons (Fsp3) is 1.00. The normalized spacial score (nSPS) is 12.0. The van der Waals surface area contributed by atoms with Crippen molar-refractivity contribution in [3.05, 3.63) is 0 Å². The van der Waals surface area contributed by atoms with E-state index in [-0.39, 0.29) is 6.61 Å². The molecule has 0 radical (unpaired) electrons. The van der Waals surface area contributed by atoms with Crippen molar-refractivity contribution < 1.29 is 10.2 Å². The van der Waals surface area contributed by atoms with E-state index in [2.05, 4.69) is 0 Å². The molecule has 0 spiro atoms. The molecule has 0 aliphatic rings. The average Bonchev–Trinajstić information content (AvgIpc) is 1.63. The van der Waals surface area contributed by atoms with Crippen LogP contribution < -0.4 is 11.5 Å². The molecule has 0 aliphatic heterocycles. The summed E-state index contributed by atoms with van der Waals surface area (Å²) in [4.78, 5) is 0. The molecule has 4 nitrogen and oxygen atoms in total. The molecule has 0 saturated carbocycles. The third-order valence-electron chi connectivity index (χ3n) is 0.985. The summed E-state index contributed by atoms with van der Waals surface area (Å²) in [6, 6.07) is 0. The van der Waals surface area contributed by atoms with E-state index < -0.39 is 5.85 Å². The zero-order valence-corrected chi connectivity index (χ0v) is 5.38. The molecule has 0 rings (SSSR count). The Bertz CT molecular complexity index is 69.8. The Morgan fingerprint density at radius 2 is 1.78 bits per heavy atom. The van der Waals surface area contributed by atoms with Crippen molar-refractivity contribution >= 4 is 0 Å². The molecular weight excluding hydrogens is 120 g/mol. The highest BCUT2D eigenvalue weighted by Gasteiger charge is 2.11. The lowest BCUT2D eigenvalue weighted by Crippen LogP contribution is -2.48. The molecule has 0 aromatic heterocycles. The van der Waals surface area contributed by atoms with E-state index >= 15 is 0 Å². The monoisotopic (exact) mass is 134 g/mol. The van der Waals surface area contributed by atoms with Crippen molar-refractivity contribution in [2.24, 2.45) is 11.5 Å². The van der Waals surface area contributed by atoms with Crippen LogP contribution in [-0.2, 0) is 0 Å². The van der Waals surface area contributed by atoms with Crippen LogP contribution in [0, 0.1) is 0 Å². The van der Waals surface area contributed by atoms with Gasteiger partial charge in [0, 0.05) is 13.0 Å². The maximum atomic E-state index is 8.72. The molecule has 0 bridgehead atoms. The van der Waals surface area contributed by atoms with Crippen molar-refractivity contribution in [2.45, 2.75) is 25.1 Å². The number of rotatable bonds is 4. The van der Waals surface area contributed by atoms with Crippen LogP contribution in [0.1, 0.15) is 19.3 Å². The molecule has 4 heteroatoms. The summed E-state index contributed by atoms with van der Waals surface area (Å²) < 4.78 is 0. The number of unbranched alkanes of at least 4 members (excludes halogenated alkanes) is 1. The first-order valence-corrected chi connectivity index (χ1v) is 2.97. The van der Waals surface area contributed by atoms with Gasteiger partial charge in [-0.1, -0.05) is 0 Å². The number of hydrogen-bond acceptors (Lipinski definition) is 4. The van der Waals surface area contributed by atoms with Crippen LogP contribution >= 0.6 is 0 Å². The number of hydrogen-bond donors (Lipinski definition) is 4. The lowest BCUT2D eigenvalue weighted by molar-refractivity contribution is 0.0410. The topological polar surface area (TPSA) is 92.5 Å². The SMILES string of the molecule is NC(N)(O)CCCCO. The molecule has 0 amide bonds. The number of aliphatic hydroxyl groups is 2. The lowest BCUT2D eigenvalue weighted by Gasteiger charge is -2.15. The van der Waals surface area contributed by atoms with E-state index in [1.807, 2.05) is 0 Å². The molecule has 0 unspecified atom stereocenters. The first kappa shape index (κ1) is 8.84. The summed E-state index contributed by atoms with van der Waals surface area (Å²) in [6.45, 7) is 0.121. The zero-order chi connectivity index (χ0) is 7.33. The first-order chi connectivity index (χ1) is 4.06. The van der Waals surface area contributed by atoms with Gasteiger partial charge in [0.05, 0.1) is 0 Å². The minimum atomic E-state index is -1.56. The third-order valence-corrected chi connectivity index (χ3v) is 0.985. The highest BCUT2D eigenvalue weighted by Crippen LogP contribution is 2.00. The van der Waals surface area contributed by atoms with Crippen molar-refractivity contribution in [2.75, 3.05) is 6.61 Å². The summed E-state index contributed by atoms with van der Waals surface area (Å²) in [5.74, 6) is -1.56. The van der Waals surface area contributed by atoms with Gasteiger partial charge in [0.15, 0.2) is 5.85 Å². The van der Waals surface area contributed by atoms with E-state index in [1.165, 1.54) is 0 Å². The van der Waals surface area contributed by atoms with Crippen molar-refractivity contribution in [3.63, 3.8) is 0 Å². The van der Waals surface area contributed by atoms with Gasteiger partial charge in [0.1, 0.15) is 0 Å². The summed E-state index contributed by atoms with van der Waals surface area (Å²) in [5, 5.41) is 17.0. The fourth-order valence-electron chi connectivity index (χ4n) is 0.520. The molecule has 0 aliphatic carbocycles.